The van der Waals surface area contributed by atoms with Crippen LogP contribution in [0.3, 0.4) is 0 Å². The summed E-state index contributed by atoms with van der Waals surface area (Å²) in [5.41, 5.74) is -1.07. The molecule has 3 rings (SSSR count). The molecule has 0 spiro atoms. The van der Waals surface area contributed by atoms with E-state index in [1.165, 1.54) is 4.90 Å². The minimum absolute atomic E-state index is 0.194. The van der Waals surface area contributed by atoms with Gasteiger partial charge < -0.3 is 25.2 Å². The van der Waals surface area contributed by atoms with Gasteiger partial charge in [-0.3, -0.25) is 19.3 Å². The highest BCUT2D eigenvalue weighted by atomic mass is 16.6. The molecule has 2 fully saturated rings. The lowest BCUT2D eigenvalue weighted by atomic mass is 9.71. The Bertz CT molecular complexity index is 1040. The van der Waals surface area contributed by atoms with E-state index in [-0.39, 0.29) is 38.3 Å². The molecule has 0 aliphatic carbocycles. The second-order valence-electron chi connectivity index (χ2n) is 10.9. The summed E-state index contributed by atoms with van der Waals surface area (Å²) >= 11 is 0. The molecule has 1 aromatic carbocycles. The number of carboxylic acid groups (broad SMARTS) is 2. The summed E-state index contributed by atoms with van der Waals surface area (Å²) in [6, 6.07) is 7.01. The lowest BCUT2D eigenvalue weighted by Crippen LogP contribution is -2.57. The molecule has 11 heteroatoms. The van der Waals surface area contributed by atoms with Crippen LogP contribution in [0.15, 0.2) is 30.3 Å². The van der Waals surface area contributed by atoms with Crippen LogP contribution in [-0.4, -0.2) is 87.2 Å². The second kappa shape index (κ2) is 11.8. The number of benzene rings is 1. The number of nitrogens with one attached hydrogen (secondary N) is 1. The van der Waals surface area contributed by atoms with Crippen LogP contribution in [0.4, 0.5) is 4.79 Å². The Morgan fingerprint density at radius 1 is 1.05 bits per heavy atom. The molecule has 2 aliphatic rings. The maximum absolute atomic E-state index is 13.6. The van der Waals surface area contributed by atoms with Gasteiger partial charge in [0.15, 0.2) is 0 Å². The molecule has 3 amide bonds. The molecule has 2 atom stereocenters. The maximum atomic E-state index is 13.6. The van der Waals surface area contributed by atoms with Crippen LogP contribution >= 0.6 is 0 Å². The van der Waals surface area contributed by atoms with Crippen molar-refractivity contribution in [2.45, 2.75) is 82.4 Å². The molecule has 2 heterocycles. The normalized spacial score (nSPS) is 19.9. The van der Waals surface area contributed by atoms with Gasteiger partial charge in [-0.25, -0.2) is 9.59 Å². The summed E-state index contributed by atoms with van der Waals surface area (Å²) in [6.07, 6.45) is 0.555. The third kappa shape index (κ3) is 6.81. The van der Waals surface area contributed by atoms with Crippen LogP contribution < -0.4 is 5.32 Å². The zero-order valence-electron chi connectivity index (χ0n) is 22.1. The van der Waals surface area contributed by atoms with E-state index in [9.17, 15) is 29.1 Å². The largest absolute Gasteiger partial charge is 0.481 e. The number of carbonyl (C=O) groups excluding carboxylic acids is 3. The Morgan fingerprint density at radius 3 is 2.24 bits per heavy atom. The van der Waals surface area contributed by atoms with E-state index in [4.69, 9.17) is 9.84 Å². The zero-order chi connectivity index (χ0) is 28.1. The fourth-order valence-electron chi connectivity index (χ4n) is 5.11. The smallest absolute Gasteiger partial charge is 0.410 e. The summed E-state index contributed by atoms with van der Waals surface area (Å²) in [5.74, 6) is -3.16. The molecule has 0 radical (unpaired) electrons. The molecule has 2 saturated heterocycles. The van der Waals surface area contributed by atoms with E-state index in [1.807, 2.05) is 6.07 Å². The molecule has 2 unspecified atom stereocenters. The van der Waals surface area contributed by atoms with Gasteiger partial charge in [0.25, 0.3) is 0 Å². The highest BCUT2D eigenvalue weighted by Gasteiger charge is 2.47. The van der Waals surface area contributed by atoms with Crippen LogP contribution in [0, 0.1) is 0 Å². The van der Waals surface area contributed by atoms with Gasteiger partial charge in [-0.2, -0.15) is 0 Å². The van der Waals surface area contributed by atoms with E-state index in [0.29, 0.717) is 24.9 Å². The average Bonchev–Trinajstić information content (AvgIpc) is 3.35. The standard InChI is InChI=1S/C27H37N3O8/c1-26(2,3)38-25(37)30-15-7-10-20(30)22(33)29-16-13-27(14-17-29,18-8-5-4-6-9-18)24(36)28-19(23(34)35)11-12-21(31)32/h4-6,8-9,19-20H,7,10-17H2,1-3H3,(H,28,36)(H,31,32)(H,34,35). The Balaban J connectivity index is 1.76. The maximum Gasteiger partial charge on any atom is 0.410 e. The number of ether oxygens (including phenoxy) is 1. The summed E-state index contributed by atoms with van der Waals surface area (Å²) in [7, 11) is 0. The van der Waals surface area contributed by atoms with E-state index in [1.54, 1.807) is 49.9 Å². The highest BCUT2D eigenvalue weighted by Crippen LogP contribution is 2.37. The van der Waals surface area contributed by atoms with Crippen LogP contribution in [0.5, 0.6) is 0 Å². The fraction of sp³-hybridized carbons (Fsp3) is 0.593. The molecule has 3 N–H and O–H groups in total. The van der Waals surface area contributed by atoms with Gasteiger partial charge in [-0.05, 0) is 58.4 Å². The summed E-state index contributed by atoms with van der Waals surface area (Å²) in [4.78, 5) is 65.6. The first-order valence-corrected chi connectivity index (χ1v) is 12.9. The van der Waals surface area contributed by atoms with Gasteiger partial charge in [0.05, 0.1) is 5.41 Å². The van der Waals surface area contributed by atoms with Gasteiger partial charge >= 0.3 is 18.0 Å². The number of rotatable bonds is 8. The van der Waals surface area contributed by atoms with Crippen molar-refractivity contribution in [3.05, 3.63) is 35.9 Å². The van der Waals surface area contributed by atoms with Gasteiger partial charge in [0.1, 0.15) is 17.7 Å². The zero-order valence-corrected chi connectivity index (χ0v) is 22.1. The number of nitrogens with zero attached hydrogens (tertiary/aromatic N) is 2. The molecule has 2 aliphatic heterocycles. The Kier molecular flexibility index (Phi) is 9.01. The first kappa shape index (κ1) is 28.9. The topological polar surface area (TPSA) is 154 Å². The van der Waals surface area contributed by atoms with Crippen molar-refractivity contribution in [1.82, 2.24) is 15.1 Å². The number of carboxylic acids is 2. The predicted molar refractivity (Wildman–Crippen MR) is 136 cm³/mol. The lowest BCUT2D eigenvalue weighted by molar-refractivity contribution is -0.145. The Morgan fingerprint density at radius 2 is 1.68 bits per heavy atom. The number of hydrogen-bond donors (Lipinski definition) is 3. The lowest BCUT2D eigenvalue weighted by Gasteiger charge is -2.42. The van der Waals surface area contributed by atoms with Gasteiger partial charge in [-0.15, -0.1) is 0 Å². The van der Waals surface area contributed by atoms with Crippen molar-refractivity contribution in [1.29, 1.82) is 0 Å². The minimum Gasteiger partial charge on any atom is -0.481 e. The number of likely N-dealkylation sites (tertiary alicyclic amines) is 2. The van der Waals surface area contributed by atoms with Crippen molar-refractivity contribution < 1.29 is 38.9 Å². The monoisotopic (exact) mass is 531 g/mol. The molecular formula is C27H37N3O8. The Hall–Kier alpha value is -3.63. The molecule has 0 aromatic heterocycles. The van der Waals surface area contributed by atoms with Crippen LogP contribution in [0.1, 0.15) is 64.9 Å². The van der Waals surface area contributed by atoms with Crippen molar-refractivity contribution in [2.24, 2.45) is 0 Å². The van der Waals surface area contributed by atoms with Gasteiger partial charge in [0.2, 0.25) is 11.8 Å². The molecule has 11 nitrogen and oxygen atoms in total. The molecule has 0 saturated carbocycles. The summed E-state index contributed by atoms with van der Waals surface area (Å²) in [5, 5.41) is 21.1. The summed E-state index contributed by atoms with van der Waals surface area (Å²) < 4.78 is 5.48. The molecule has 38 heavy (non-hydrogen) atoms. The van der Waals surface area contributed by atoms with E-state index in [0.717, 1.165) is 0 Å². The molecule has 208 valence electrons. The molecule has 1 aromatic rings. The second-order valence-corrected chi connectivity index (χ2v) is 10.9. The van der Waals surface area contributed by atoms with Crippen LogP contribution in [-0.2, 0) is 29.3 Å². The quantitative estimate of drug-likeness (QED) is 0.462. The molecule has 0 bridgehead atoms. The van der Waals surface area contributed by atoms with Gasteiger partial charge in [-0.1, -0.05) is 30.3 Å². The third-order valence-electron chi connectivity index (χ3n) is 7.11. The summed E-state index contributed by atoms with van der Waals surface area (Å²) in [6.45, 7) is 6.23. The van der Waals surface area contributed by atoms with Gasteiger partial charge in [0, 0.05) is 26.1 Å². The van der Waals surface area contributed by atoms with E-state index < -0.39 is 53.5 Å². The first-order chi connectivity index (χ1) is 17.8. The van der Waals surface area contributed by atoms with Crippen molar-refractivity contribution in [2.75, 3.05) is 19.6 Å². The first-order valence-electron chi connectivity index (χ1n) is 12.9. The SMILES string of the molecule is CC(C)(C)OC(=O)N1CCCC1C(=O)N1CCC(C(=O)NC(CCC(=O)O)C(=O)O)(c2ccccc2)CC1. The number of carbonyl (C=O) groups is 5. The van der Waals surface area contributed by atoms with E-state index in [2.05, 4.69) is 5.32 Å². The van der Waals surface area contributed by atoms with Crippen LogP contribution in [0.2, 0.25) is 0 Å². The molecular weight excluding hydrogens is 494 g/mol. The number of hydrogen-bond acceptors (Lipinski definition) is 6. The van der Waals surface area contributed by atoms with Crippen molar-refractivity contribution in [3.63, 3.8) is 0 Å². The minimum atomic E-state index is -1.35. The highest BCUT2D eigenvalue weighted by molar-refractivity contribution is 5.92. The predicted octanol–water partition coefficient (Wildman–Crippen LogP) is 2.38. The number of aliphatic carboxylic acids is 2. The number of piperidine rings is 1. The van der Waals surface area contributed by atoms with E-state index >= 15 is 0 Å². The fourth-order valence-corrected chi connectivity index (χ4v) is 5.11. The number of amides is 3. The third-order valence-corrected chi connectivity index (χ3v) is 7.11. The average molecular weight is 532 g/mol. The van der Waals surface area contributed by atoms with Crippen LogP contribution in [0.25, 0.3) is 0 Å². The Labute approximate surface area is 222 Å². The van der Waals surface area contributed by atoms with Crippen molar-refractivity contribution >= 4 is 29.8 Å². The van der Waals surface area contributed by atoms with Crippen molar-refractivity contribution in [3.8, 4) is 0 Å².